The predicted molar refractivity (Wildman–Crippen MR) is 216 cm³/mol. The summed E-state index contributed by atoms with van der Waals surface area (Å²) in [7, 11) is 0. The zero-order valence-electron chi connectivity index (χ0n) is 32.3. The molecule has 1 heterocycles. The molecule has 274 valence electrons. The van der Waals surface area contributed by atoms with Gasteiger partial charge in [-0.05, 0) is 86.8 Å². The standard InChI is InChI=1S/C34H48N2.2C7H7.Ni/c1-5-9-13-14-18-28-20-16-22-30(26-28)34-32(24-12-8-4)31(23-11-7-3)33(36(34)35)29-21-15-19-27(25-29)17-10-6-2;2*1-7-5-3-2-4-6-7;/h15-16,19-22,25-26H,5-14,17-18,23-24H2,1-4H3;2*3-6H,1H3;/q;2*-1;+2. The van der Waals surface area contributed by atoms with Crippen molar-refractivity contribution in [3.63, 3.8) is 0 Å². The minimum Gasteiger partial charge on any atom is -0.493 e. The first-order valence-electron chi connectivity index (χ1n) is 19.4. The number of allylic oxidation sites excluding steroid dienone is 2. The van der Waals surface area contributed by atoms with E-state index >= 15 is 0 Å². The van der Waals surface area contributed by atoms with Crippen molar-refractivity contribution in [1.29, 1.82) is 0 Å². The van der Waals surface area contributed by atoms with Crippen molar-refractivity contribution in [2.75, 3.05) is 0 Å². The van der Waals surface area contributed by atoms with E-state index in [1.54, 1.807) is 4.70 Å². The van der Waals surface area contributed by atoms with Crippen molar-refractivity contribution in [2.45, 2.75) is 131 Å². The van der Waals surface area contributed by atoms with E-state index in [9.17, 15) is 5.53 Å². The van der Waals surface area contributed by atoms with E-state index in [4.69, 9.17) is 0 Å². The average molecular weight is 726 g/mol. The summed E-state index contributed by atoms with van der Waals surface area (Å²) in [5.74, 6) is 0. The van der Waals surface area contributed by atoms with E-state index in [0.717, 1.165) is 73.9 Å². The van der Waals surface area contributed by atoms with Gasteiger partial charge in [0.05, 0.1) is 0 Å². The fourth-order valence-electron chi connectivity index (χ4n) is 6.32. The van der Waals surface area contributed by atoms with Gasteiger partial charge in [0.15, 0.2) is 0 Å². The molecular formula is C48H62N2Ni. The van der Waals surface area contributed by atoms with E-state index in [1.165, 1.54) is 71.9 Å². The zero-order valence-corrected chi connectivity index (χ0v) is 33.3. The van der Waals surface area contributed by atoms with Gasteiger partial charge in [0.2, 0.25) is 11.4 Å². The molecule has 4 aromatic carbocycles. The van der Waals surface area contributed by atoms with Crippen molar-refractivity contribution in [2.24, 2.45) is 0 Å². The summed E-state index contributed by atoms with van der Waals surface area (Å²) in [5, 5.41) is 0. The summed E-state index contributed by atoms with van der Waals surface area (Å²) in [4.78, 5) is 0. The maximum atomic E-state index is 11.8. The number of aryl methyl sites for hydroxylation is 4. The molecule has 0 radical (unpaired) electrons. The van der Waals surface area contributed by atoms with Crippen LogP contribution in [-0.4, -0.2) is 4.70 Å². The molecule has 0 unspecified atom stereocenters. The van der Waals surface area contributed by atoms with E-state index in [1.807, 2.05) is 48.5 Å². The number of hydrogen-bond acceptors (Lipinski definition) is 0. The maximum absolute atomic E-state index is 11.8. The van der Waals surface area contributed by atoms with Gasteiger partial charge >= 0.3 is 16.5 Å². The second-order valence-electron chi connectivity index (χ2n) is 13.6. The Morgan fingerprint density at radius 1 is 0.490 bits per heavy atom. The Kier molecular flexibility index (Phi) is 21.7. The minimum absolute atomic E-state index is 0. The third-order valence-electron chi connectivity index (χ3n) is 9.23. The summed E-state index contributed by atoms with van der Waals surface area (Å²) in [5.41, 5.74) is 24.2. The van der Waals surface area contributed by atoms with Crippen LogP contribution in [0.15, 0.2) is 108 Å². The Morgan fingerprint density at radius 3 is 1.25 bits per heavy atom. The molecule has 51 heavy (non-hydrogen) atoms. The van der Waals surface area contributed by atoms with Crippen LogP contribution < -0.4 is 0 Å². The van der Waals surface area contributed by atoms with Gasteiger partial charge in [-0.2, -0.15) is 71.8 Å². The van der Waals surface area contributed by atoms with Gasteiger partial charge < -0.3 is 5.53 Å². The van der Waals surface area contributed by atoms with Gasteiger partial charge in [-0.25, -0.2) is 4.70 Å². The third kappa shape index (κ3) is 14.9. The van der Waals surface area contributed by atoms with E-state index < -0.39 is 0 Å². The van der Waals surface area contributed by atoms with Crippen molar-refractivity contribution in [3.8, 4) is 0 Å². The maximum Gasteiger partial charge on any atom is 2.00 e. The fraction of sp³-hybridized carbons (Fsp3) is 0.417. The Bertz CT molecular complexity index is 1580. The summed E-state index contributed by atoms with van der Waals surface area (Å²) in [6.45, 7) is 13.2. The van der Waals surface area contributed by atoms with Crippen molar-refractivity contribution >= 4 is 11.4 Å². The van der Waals surface area contributed by atoms with Crippen LogP contribution in [0.5, 0.6) is 0 Å². The second-order valence-corrected chi connectivity index (χ2v) is 13.6. The zero-order chi connectivity index (χ0) is 36.0. The Hall–Kier alpha value is -3.55. The van der Waals surface area contributed by atoms with E-state index in [-0.39, 0.29) is 16.5 Å². The number of benzene rings is 4. The van der Waals surface area contributed by atoms with Crippen LogP contribution in [0.3, 0.4) is 0 Å². The van der Waals surface area contributed by atoms with E-state index in [0.29, 0.717) is 0 Å². The number of rotatable bonds is 16. The summed E-state index contributed by atoms with van der Waals surface area (Å²) < 4.78 is 1.55. The van der Waals surface area contributed by atoms with Crippen LogP contribution in [0.2, 0.25) is 0 Å². The molecule has 0 aliphatic carbocycles. The van der Waals surface area contributed by atoms with Crippen LogP contribution in [0, 0.1) is 26.0 Å². The monoisotopic (exact) mass is 724 g/mol. The molecule has 3 heteroatoms. The van der Waals surface area contributed by atoms with Gasteiger partial charge in [-0.15, -0.1) is 0 Å². The molecule has 1 aliphatic rings. The van der Waals surface area contributed by atoms with Gasteiger partial charge in [0.25, 0.3) is 0 Å². The van der Waals surface area contributed by atoms with Crippen molar-refractivity contribution in [3.05, 3.63) is 159 Å². The number of nitrogens with zero attached hydrogens (tertiary/aromatic N) is 2. The molecule has 0 bridgehead atoms. The minimum atomic E-state index is 0. The van der Waals surface area contributed by atoms with Gasteiger partial charge in [0, 0.05) is 22.3 Å². The van der Waals surface area contributed by atoms with Gasteiger partial charge in [-0.3, -0.25) is 0 Å². The first kappa shape index (κ1) is 43.6. The smallest absolute Gasteiger partial charge is 0.493 e. The quantitative estimate of drug-likeness (QED) is 0.0476. The first-order valence-corrected chi connectivity index (χ1v) is 19.4. The number of unbranched alkanes of at least 4 members (excludes halogenated alkanes) is 6. The SMILES string of the molecule is CCCCCCc1cccc(C2=C(CCCC)C(CCCC)=C(c3cccc(CCCC)c3)[N+]2=[N-])c1.Cc1cc[c-]cc1.Cc1cc[c-]cc1.[Ni+2]. The molecule has 0 spiro atoms. The largest absolute Gasteiger partial charge is 2.00 e. The average Bonchev–Trinajstić information content (AvgIpc) is 3.42. The van der Waals surface area contributed by atoms with E-state index in [2.05, 4.69) is 102 Å². The molecule has 0 amide bonds. The van der Waals surface area contributed by atoms with Crippen molar-refractivity contribution < 1.29 is 21.2 Å². The van der Waals surface area contributed by atoms with Crippen molar-refractivity contribution in [1.82, 2.24) is 0 Å². The molecule has 0 saturated heterocycles. The predicted octanol–water partition coefficient (Wildman–Crippen LogP) is 14.3. The molecular weight excluding hydrogens is 663 g/mol. The first-order chi connectivity index (χ1) is 24.4. The fourth-order valence-corrected chi connectivity index (χ4v) is 6.32. The summed E-state index contributed by atoms with van der Waals surface area (Å²) in [6, 6.07) is 39.5. The second kappa shape index (κ2) is 25.4. The molecule has 1 aliphatic heterocycles. The Morgan fingerprint density at radius 2 is 0.882 bits per heavy atom. The Balaban J connectivity index is 0.000000494. The molecule has 0 saturated carbocycles. The van der Waals surface area contributed by atoms with Gasteiger partial charge in [-0.1, -0.05) is 104 Å². The molecule has 0 aromatic heterocycles. The normalized spacial score (nSPS) is 12.2. The Labute approximate surface area is 321 Å². The number of hydrogen-bond donors (Lipinski definition) is 0. The van der Waals surface area contributed by atoms with Gasteiger partial charge in [0.1, 0.15) is 0 Å². The van der Waals surface area contributed by atoms with Crippen LogP contribution in [0.1, 0.15) is 138 Å². The molecule has 0 atom stereocenters. The molecule has 0 N–H and O–H groups in total. The van der Waals surface area contributed by atoms with Crippen LogP contribution in [0.25, 0.3) is 16.9 Å². The molecule has 0 fully saturated rings. The van der Waals surface area contributed by atoms with Crippen LogP contribution in [-0.2, 0) is 29.3 Å². The molecule has 2 nitrogen and oxygen atoms in total. The topological polar surface area (TPSA) is 25.3 Å². The van der Waals surface area contributed by atoms with Crippen LogP contribution >= 0.6 is 0 Å². The summed E-state index contributed by atoms with van der Waals surface area (Å²) >= 11 is 0. The summed E-state index contributed by atoms with van der Waals surface area (Å²) in [6.07, 6.45) is 16.3. The van der Waals surface area contributed by atoms with Crippen LogP contribution in [0.4, 0.5) is 0 Å². The molecule has 4 aromatic rings. The molecule has 5 rings (SSSR count). The third-order valence-corrected chi connectivity index (χ3v) is 9.23.